The normalized spacial score (nSPS) is 22.5. The summed E-state index contributed by atoms with van der Waals surface area (Å²) in [6.45, 7) is 6.25. The van der Waals surface area contributed by atoms with Crippen LogP contribution in [0.4, 0.5) is 0 Å². The molecular formula is C19H28N2O3S. The van der Waals surface area contributed by atoms with Gasteiger partial charge in [0.25, 0.3) is 5.91 Å². The molecule has 0 aromatic heterocycles. The van der Waals surface area contributed by atoms with Crippen LogP contribution in [0.2, 0.25) is 0 Å². The molecule has 2 fully saturated rings. The Morgan fingerprint density at radius 1 is 1.00 bits per heavy atom. The fourth-order valence-corrected chi connectivity index (χ4v) is 5.44. The van der Waals surface area contributed by atoms with E-state index in [0.29, 0.717) is 24.6 Å². The fourth-order valence-electron chi connectivity index (χ4n) is 3.93. The van der Waals surface area contributed by atoms with Crippen molar-refractivity contribution in [3.8, 4) is 0 Å². The second-order valence-corrected chi connectivity index (χ2v) is 9.38. The summed E-state index contributed by atoms with van der Waals surface area (Å²) < 4.78 is 27.0. The Morgan fingerprint density at radius 2 is 1.64 bits per heavy atom. The molecule has 0 aliphatic carbocycles. The minimum absolute atomic E-state index is 0.0121. The SMILES string of the molecule is CC(C)C1CCCN1C(=O)c1ccc(S(=O)(=O)N2CCCCC2)cc1. The molecule has 25 heavy (non-hydrogen) atoms. The molecule has 0 radical (unpaired) electrons. The molecule has 2 aliphatic heterocycles. The van der Waals surface area contributed by atoms with Gasteiger partial charge in [-0.15, -0.1) is 0 Å². The Balaban J connectivity index is 1.77. The van der Waals surface area contributed by atoms with E-state index in [1.165, 1.54) is 0 Å². The average Bonchev–Trinajstić information content (AvgIpc) is 3.12. The Labute approximate surface area is 151 Å². The van der Waals surface area contributed by atoms with Crippen molar-refractivity contribution in [2.45, 2.75) is 56.9 Å². The van der Waals surface area contributed by atoms with Crippen molar-refractivity contribution in [3.05, 3.63) is 29.8 Å². The molecule has 2 saturated heterocycles. The molecule has 0 bridgehead atoms. The number of amides is 1. The molecule has 0 N–H and O–H groups in total. The van der Waals surface area contributed by atoms with Gasteiger partial charge >= 0.3 is 0 Å². The Hall–Kier alpha value is -1.40. The summed E-state index contributed by atoms with van der Waals surface area (Å²) in [5, 5.41) is 0. The maximum Gasteiger partial charge on any atom is 0.254 e. The maximum atomic E-state index is 12.8. The molecule has 2 aliphatic rings. The number of benzene rings is 1. The van der Waals surface area contributed by atoms with Crippen molar-refractivity contribution in [1.29, 1.82) is 0 Å². The quantitative estimate of drug-likeness (QED) is 0.825. The van der Waals surface area contributed by atoms with Crippen molar-refractivity contribution in [3.63, 3.8) is 0 Å². The topological polar surface area (TPSA) is 57.7 Å². The number of hydrogen-bond acceptors (Lipinski definition) is 3. The molecule has 2 heterocycles. The molecule has 5 nitrogen and oxygen atoms in total. The van der Waals surface area contributed by atoms with E-state index in [-0.39, 0.29) is 16.8 Å². The lowest BCUT2D eigenvalue weighted by molar-refractivity contribution is 0.0701. The van der Waals surface area contributed by atoms with E-state index in [0.717, 1.165) is 38.6 Å². The summed E-state index contributed by atoms with van der Waals surface area (Å²) in [6, 6.07) is 6.77. The largest absolute Gasteiger partial charge is 0.335 e. The van der Waals surface area contributed by atoms with Crippen molar-refractivity contribution >= 4 is 15.9 Å². The molecule has 1 amide bonds. The van der Waals surface area contributed by atoms with Crippen LogP contribution in [0.25, 0.3) is 0 Å². The van der Waals surface area contributed by atoms with Gasteiger partial charge in [-0.3, -0.25) is 4.79 Å². The number of hydrogen-bond donors (Lipinski definition) is 0. The van der Waals surface area contributed by atoms with E-state index in [1.807, 2.05) is 4.90 Å². The van der Waals surface area contributed by atoms with Crippen LogP contribution < -0.4 is 0 Å². The highest BCUT2D eigenvalue weighted by Crippen LogP contribution is 2.26. The first-order chi connectivity index (χ1) is 11.9. The van der Waals surface area contributed by atoms with E-state index in [4.69, 9.17) is 0 Å². The summed E-state index contributed by atoms with van der Waals surface area (Å²) >= 11 is 0. The lowest BCUT2D eigenvalue weighted by Gasteiger charge is -2.28. The van der Waals surface area contributed by atoms with Crippen LogP contribution >= 0.6 is 0 Å². The van der Waals surface area contributed by atoms with Gasteiger partial charge in [0.2, 0.25) is 10.0 Å². The third-order valence-electron chi connectivity index (χ3n) is 5.38. The zero-order valence-corrected chi connectivity index (χ0v) is 16.0. The second-order valence-electron chi connectivity index (χ2n) is 7.44. The van der Waals surface area contributed by atoms with Gasteiger partial charge in [0, 0.05) is 31.2 Å². The number of nitrogens with zero attached hydrogens (tertiary/aromatic N) is 2. The third kappa shape index (κ3) is 3.75. The molecule has 1 aromatic carbocycles. The van der Waals surface area contributed by atoms with Crippen LogP contribution in [0.3, 0.4) is 0 Å². The first-order valence-corrected chi connectivity index (χ1v) is 10.8. The second kappa shape index (κ2) is 7.46. The van der Waals surface area contributed by atoms with E-state index < -0.39 is 10.0 Å². The van der Waals surface area contributed by atoms with Gasteiger partial charge in [-0.05, 0) is 55.9 Å². The van der Waals surface area contributed by atoms with Gasteiger partial charge < -0.3 is 4.90 Å². The smallest absolute Gasteiger partial charge is 0.254 e. The van der Waals surface area contributed by atoms with Crippen molar-refractivity contribution < 1.29 is 13.2 Å². The highest BCUT2D eigenvalue weighted by molar-refractivity contribution is 7.89. The number of likely N-dealkylation sites (tertiary alicyclic amines) is 1. The van der Waals surface area contributed by atoms with Gasteiger partial charge in [-0.25, -0.2) is 8.42 Å². The Bertz CT molecular complexity index is 707. The summed E-state index contributed by atoms with van der Waals surface area (Å²) in [7, 11) is -3.44. The Kier molecular flexibility index (Phi) is 5.49. The summed E-state index contributed by atoms with van der Waals surface area (Å²) in [4.78, 5) is 15.0. The van der Waals surface area contributed by atoms with Gasteiger partial charge in [-0.2, -0.15) is 4.31 Å². The van der Waals surface area contributed by atoms with Crippen molar-refractivity contribution in [2.75, 3.05) is 19.6 Å². The maximum absolute atomic E-state index is 12.8. The summed E-state index contributed by atoms with van der Waals surface area (Å²) in [5.41, 5.74) is 0.574. The predicted molar refractivity (Wildman–Crippen MR) is 97.9 cm³/mol. The molecule has 6 heteroatoms. The molecular weight excluding hydrogens is 336 g/mol. The summed E-state index contributed by atoms with van der Waals surface area (Å²) in [5.74, 6) is 0.448. The first kappa shape index (κ1) is 18.4. The molecule has 0 saturated carbocycles. The van der Waals surface area contributed by atoms with Crippen molar-refractivity contribution in [1.82, 2.24) is 9.21 Å². The average molecular weight is 365 g/mol. The van der Waals surface area contributed by atoms with Crippen LogP contribution in [-0.4, -0.2) is 49.2 Å². The van der Waals surface area contributed by atoms with Gasteiger partial charge in [0.05, 0.1) is 4.90 Å². The lowest BCUT2D eigenvalue weighted by atomic mass is 10.0. The molecule has 0 spiro atoms. The number of carbonyl (C=O) groups is 1. The standard InChI is InChI=1S/C19H28N2O3S/c1-15(2)18-7-6-14-21(18)19(22)16-8-10-17(11-9-16)25(23,24)20-12-4-3-5-13-20/h8-11,15,18H,3-7,12-14H2,1-2H3. The number of carbonyl (C=O) groups excluding carboxylic acids is 1. The molecule has 1 unspecified atom stereocenters. The molecule has 138 valence electrons. The van der Waals surface area contributed by atoms with E-state index in [2.05, 4.69) is 13.8 Å². The number of rotatable bonds is 4. The molecule has 3 rings (SSSR count). The van der Waals surface area contributed by atoms with Gasteiger partial charge in [-0.1, -0.05) is 20.3 Å². The zero-order valence-electron chi connectivity index (χ0n) is 15.1. The number of sulfonamides is 1. The Morgan fingerprint density at radius 3 is 2.24 bits per heavy atom. The first-order valence-electron chi connectivity index (χ1n) is 9.32. The summed E-state index contributed by atoms with van der Waals surface area (Å²) in [6.07, 6.45) is 5.01. The predicted octanol–water partition coefficient (Wildman–Crippen LogP) is 3.12. The highest BCUT2D eigenvalue weighted by atomic mass is 32.2. The van der Waals surface area contributed by atoms with Crippen LogP contribution in [-0.2, 0) is 10.0 Å². The highest BCUT2D eigenvalue weighted by Gasteiger charge is 2.32. The van der Waals surface area contributed by atoms with Gasteiger partial charge in [0.1, 0.15) is 0 Å². The van der Waals surface area contributed by atoms with E-state index >= 15 is 0 Å². The van der Waals surface area contributed by atoms with Crippen LogP contribution in [0.1, 0.15) is 56.3 Å². The van der Waals surface area contributed by atoms with Crippen molar-refractivity contribution in [2.24, 2.45) is 5.92 Å². The lowest BCUT2D eigenvalue weighted by Crippen LogP contribution is -2.38. The zero-order chi connectivity index (χ0) is 18.0. The number of piperidine rings is 1. The monoisotopic (exact) mass is 364 g/mol. The van der Waals surface area contributed by atoms with Crippen LogP contribution in [0, 0.1) is 5.92 Å². The molecule has 1 atom stereocenters. The molecule has 1 aromatic rings. The minimum Gasteiger partial charge on any atom is -0.335 e. The van der Waals surface area contributed by atoms with Crippen LogP contribution in [0.15, 0.2) is 29.2 Å². The fraction of sp³-hybridized carbons (Fsp3) is 0.632. The van der Waals surface area contributed by atoms with E-state index in [9.17, 15) is 13.2 Å². The van der Waals surface area contributed by atoms with Gasteiger partial charge in [0.15, 0.2) is 0 Å². The third-order valence-corrected chi connectivity index (χ3v) is 7.30. The van der Waals surface area contributed by atoms with E-state index in [1.54, 1.807) is 28.6 Å². The van der Waals surface area contributed by atoms with Crippen LogP contribution in [0.5, 0.6) is 0 Å². The minimum atomic E-state index is -3.44.